The number of hydrogen-bond acceptors (Lipinski definition) is 2. The molecule has 0 saturated heterocycles. The van der Waals surface area contributed by atoms with E-state index in [-0.39, 0.29) is 11.8 Å². The highest BCUT2D eigenvalue weighted by Crippen LogP contribution is 2.22. The molecule has 2 aromatic rings. The minimum atomic E-state index is -0.288. The van der Waals surface area contributed by atoms with Gasteiger partial charge in [-0.25, -0.2) is 0 Å². The Hall–Kier alpha value is -1.75. The lowest BCUT2D eigenvalue weighted by atomic mass is 10.2. The Morgan fingerprint density at radius 3 is 1.83 bits per heavy atom. The Bertz CT molecular complexity index is 718. The van der Waals surface area contributed by atoms with Gasteiger partial charge >= 0.3 is 0 Å². The highest BCUT2D eigenvalue weighted by Gasteiger charge is 2.08. The van der Waals surface area contributed by atoms with Crippen molar-refractivity contribution in [1.82, 2.24) is 10.6 Å². The molecule has 2 aromatic carbocycles. The minimum Gasteiger partial charge on any atom is -0.350 e. The molecule has 0 fully saturated rings. The summed E-state index contributed by atoms with van der Waals surface area (Å²) in [5.41, 5.74) is 0.911. The lowest BCUT2D eigenvalue weighted by molar-refractivity contribution is 0.0927. The maximum Gasteiger partial charge on any atom is 0.251 e. The maximum absolute atomic E-state index is 11.9. The van der Waals surface area contributed by atoms with E-state index < -0.39 is 0 Å². The van der Waals surface area contributed by atoms with E-state index in [9.17, 15) is 9.59 Å². The smallest absolute Gasteiger partial charge is 0.251 e. The topological polar surface area (TPSA) is 58.2 Å². The van der Waals surface area contributed by atoms with Gasteiger partial charge in [0.05, 0.1) is 10.0 Å². The van der Waals surface area contributed by atoms with Crippen molar-refractivity contribution < 1.29 is 9.59 Å². The fraction of sp³-hybridized carbons (Fsp3) is 0.125. The molecule has 0 radical (unpaired) electrons. The largest absolute Gasteiger partial charge is 0.350 e. The van der Waals surface area contributed by atoms with E-state index in [1.165, 1.54) is 6.07 Å². The van der Waals surface area contributed by atoms with Gasteiger partial charge in [-0.3, -0.25) is 9.59 Å². The van der Waals surface area contributed by atoms with Gasteiger partial charge in [-0.1, -0.05) is 34.8 Å². The molecule has 0 saturated carbocycles. The number of amides is 2. The third-order valence-electron chi connectivity index (χ3n) is 2.98. The van der Waals surface area contributed by atoms with Crippen LogP contribution in [0.25, 0.3) is 0 Å². The molecule has 0 spiro atoms. The van der Waals surface area contributed by atoms with Crippen LogP contribution in [0.3, 0.4) is 0 Å². The molecule has 0 atom stereocenters. The number of carbonyl (C=O) groups is 2. The second-order valence-corrected chi connectivity index (χ2v) is 5.90. The van der Waals surface area contributed by atoms with E-state index in [2.05, 4.69) is 10.6 Å². The SMILES string of the molecule is O=C(NCCNC(=O)c1ccc(Cl)c(Cl)c1)c1ccc(Cl)cc1. The zero-order chi connectivity index (χ0) is 16.8. The van der Waals surface area contributed by atoms with E-state index in [4.69, 9.17) is 34.8 Å². The van der Waals surface area contributed by atoms with Gasteiger partial charge in [-0.15, -0.1) is 0 Å². The fourth-order valence-corrected chi connectivity index (χ4v) is 2.22. The van der Waals surface area contributed by atoms with E-state index in [0.29, 0.717) is 39.3 Å². The molecule has 2 amide bonds. The third-order valence-corrected chi connectivity index (χ3v) is 3.98. The molecule has 4 nitrogen and oxygen atoms in total. The summed E-state index contributed by atoms with van der Waals surface area (Å²) in [7, 11) is 0. The molecular formula is C16H13Cl3N2O2. The molecule has 0 heterocycles. The van der Waals surface area contributed by atoms with Crippen LogP contribution in [0.5, 0.6) is 0 Å². The number of halogens is 3. The standard InChI is InChI=1S/C16H13Cl3N2O2/c17-12-4-1-10(2-5-12)15(22)20-7-8-21-16(23)11-3-6-13(18)14(19)9-11/h1-6,9H,7-8H2,(H,20,22)(H,21,23). The normalized spacial score (nSPS) is 10.2. The van der Waals surface area contributed by atoms with Crippen LogP contribution in [0.15, 0.2) is 42.5 Å². The zero-order valence-corrected chi connectivity index (χ0v) is 14.2. The van der Waals surface area contributed by atoms with Gasteiger partial charge < -0.3 is 10.6 Å². The molecule has 0 aliphatic rings. The van der Waals surface area contributed by atoms with E-state index in [1.54, 1.807) is 36.4 Å². The molecule has 2 N–H and O–H groups in total. The number of nitrogens with one attached hydrogen (secondary N) is 2. The van der Waals surface area contributed by atoms with Crippen molar-refractivity contribution >= 4 is 46.6 Å². The number of rotatable bonds is 5. The van der Waals surface area contributed by atoms with Crippen molar-refractivity contribution in [2.24, 2.45) is 0 Å². The second-order valence-electron chi connectivity index (χ2n) is 4.65. The first-order valence-corrected chi connectivity index (χ1v) is 7.88. The van der Waals surface area contributed by atoms with Crippen molar-refractivity contribution in [1.29, 1.82) is 0 Å². The molecule has 0 aromatic heterocycles. The summed E-state index contributed by atoms with van der Waals surface area (Å²) in [6.45, 7) is 0.590. The summed E-state index contributed by atoms with van der Waals surface area (Å²) >= 11 is 17.4. The van der Waals surface area contributed by atoms with Gasteiger partial charge in [-0.2, -0.15) is 0 Å². The number of carbonyl (C=O) groups excluding carboxylic acids is 2. The summed E-state index contributed by atoms with van der Waals surface area (Å²) in [4.78, 5) is 23.8. The Labute approximate surface area is 148 Å². The summed E-state index contributed by atoms with van der Waals surface area (Å²) in [6, 6.07) is 11.2. The first-order valence-electron chi connectivity index (χ1n) is 6.74. The molecule has 0 bridgehead atoms. The maximum atomic E-state index is 11.9. The van der Waals surface area contributed by atoms with Crippen LogP contribution in [0.4, 0.5) is 0 Å². The number of benzene rings is 2. The monoisotopic (exact) mass is 370 g/mol. The van der Waals surface area contributed by atoms with Gasteiger partial charge in [0.25, 0.3) is 11.8 Å². The molecule has 23 heavy (non-hydrogen) atoms. The molecular weight excluding hydrogens is 359 g/mol. The summed E-state index contributed by atoms with van der Waals surface area (Å²) in [5.74, 6) is -0.519. The van der Waals surface area contributed by atoms with Gasteiger partial charge in [0.1, 0.15) is 0 Å². The first kappa shape index (κ1) is 17.6. The van der Waals surface area contributed by atoms with Crippen LogP contribution in [0.2, 0.25) is 15.1 Å². The molecule has 120 valence electrons. The Kier molecular flexibility index (Phi) is 6.28. The Morgan fingerprint density at radius 2 is 1.26 bits per heavy atom. The summed E-state index contributed by atoms with van der Waals surface area (Å²) < 4.78 is 0. The third kappa shape index (κ3) is 5.13. The highest BCUT2D eigenvalue weighted by atomic mass is 35.5. The van der Waals surface area contributed by atoms with Gasteiger partial charge in [0.2, 0.25) is 0 Å². The van der Waals surface area contributed by atoms with Crippen LogP contribution >= 0.6 is 34.8 Å². The molecule has 7 heteroatoms. The van der Waals surface area contributed by atoms with Crippen LogP contribution in [-0.4, -0.2) is 24.9 Å². The average molecular weight is 372 g/mol. The molecule has 2 rings (SSSR count). The number of hydrogen-bond donors (Lipinski definition) is 2. The summed E-state index contributed by atoms with van der Waals surface area (Å²) in [5, 5.41) is 6.65. The van der Waals surface area contributed by atoms with Crippen LogP contribution in [0, 0.1) is 0 Å². The highest BCUT2D eigenvalue weighted by molar-refractivity contribution is 6.42. The average Bonchev–Trinajstić information content (AvgIpc) is 2.54. The predicted molar refractivity (Wildman–Crippen MR) is 92.6 cm³/mol. The quantitative estimate of drug-likeness (QED) is 0.785. The minimum absolute atomic E-state index is 0.231. The zero-order valence-electron chi connectivity index (χ0n) is 11.9. The van der Waals surface area contributed by atoms with E-state index >= 15 is 0 Å². The lowest BCUT2D eigenvalue weighted by Crippen LogP contribution is -2.34. The lowest BCUT2D eigenvalue weighted by Gasteiger charge is -2.08. The van der Waals surface area contributed by atoms with Gasteiger partial charge in [0, 0.05) is 29.2 Å². The van der Waals surface area contributed by atoms with Crippen molar-refractivity contribution in [2.75, 3.05) is 13.1 Å². The predicted octanol–water partition coefficient (Wildman–Crippen LogP) is 3.81. The molecule has 0 unspecified atom stereocenters. The summed E-state index contributed by atoms with van der Waals surface area (Å²) in [6.07, 6.45) is 0. The van der Waals surface area contributed by atoms with Crippen LogP contribution in [0.1, 0.15) is 20.7 Å². The second kappa shape index (κ2) is 8.20. The van der Waals surface area contributed by atoms with Crippen LogP contribution in [-0.2, 0) is 0 Å². The van der Waals surface area contributed by atoms with E-state index in [0.717, 1.165) is 0 Å². The van der Waals surface area contributed by atoms with E-state index in [1.807, 2.05) is 0 Å². The van der Waals surface area contributed by atoms with Gasteiger partial charge in [0.15, 0.2) is 0 Å². The van der Waals surface area contributed by atoms with Crippen LogP contribution < -0.4 is 10.6 Å². The Balaban J connectivity index is 1.78. The van der Waals surface area contributed by atoms with Crippen molar-refractivity contribution in [3.05, 3.63) is 68.7 Å². The molecule has 0 aliphatic carbocycles. The van der Waals surface area contributed by atoms with Crippen molar-refractivity contribution in [3.63, 3.8) is 0 Å². The fourth-order valence-electron chi connectivity index (χ4n) is 1.79. The van der Waals surface area contributed by atoms with Crippen molar-refractivity contribution in [3.8, 4) is 0 Å². The Morgan fingerprint density at radius 1 is 0.739 bits per heavy atom. The van der Waals surface area contributed by atoms with Gasteiger partial charge in [-0.05, 0) is 42.5 Å². The van der Waals surface area contributed by atoms with Crippen molar-refractivity contribution in [2.45, 2.75) is 0 Å². The first-order chi connectivity index (χ1) is 11.0. The molecule has 0 aliphatic heterocycles.